The monoisotopic (exact) mass is 457 g/mol. The first-order valence-electron chi connectivity index (χ1n) is 9.74. The molecular weight excluding hydrogens is 434 g/mol. The molecule has 3 amide bonds. The number of amides is 3. The van der Waals surface area contributed by atoms with E-state index in [4.69, 9.17) is 17.3 Å². The first-order valence-corrected chi connectivity index (χ1v) is 11.0. The second-order valence-electron chi connectivity index (χ2n) is 7.55. The lowest BCUT2D eigenvalue weighted by atomic mass is 10.1. The molecule has 1 heterocycles. The van der Waals surface area contributed by atoms with Crippen molar-refractivity contribution in [3.63, 3.8) is 0 Å². The number of urea groups is 1. The summed E-state index contributed by atoms with van der Waals surface area (Å²) in [5.41, 5.74) is 8.86. The number of rotatable bonds is 6. The number of nitrogens with zero attached hydrogens (tertiary/aromatic N) is 3. The number of aromatic nitrogens is 3. The van der Waals surface area contributed by atoms with Crippen molar-refractivity contribution in [3.05, 3.63) is 58.6 Å². The molecule has 0 aliphatic rings. The molecule has 0 spiro atoms. The number of aryl methyl sites for hydroxylation is 2. The van der Waals surface area contributed by atoms with E-state index in [0.717, 1.165) is 22.4 Å². The fraction of sp³-hybridized carbons (Fsp3) is 0.273. The van der Waals surface area contributed by atoms with E-state index in [2.05, 4.69) is 15.5 Å². The van der Waals surface area contributed by atoms with Crippen LogP contribution < -0.4 is 11.1 Å². The molecule has 3 aromatic rings. The Morgan fingerprint density at radius 3 is 2.48 bits per heavy atom. The number of hydrogen-bond donors (Lipinski definition) is 2. The van der Waals surface area contributed by atoms with Gasteiger partial charge in [0.2, 0.25) is 5.91 Å². The SMILES string of the molecule is Cc1ccc(C)c(-n2c(SC(C(=O)NC(N)=O)C(C)C)nnc2-c2ccccc2Cl)c1. The number of nitrogens with two attached hydrogens (primary N) is 1. The number of thioether (sulfide) groups is 1. The first-order chi connectivity index (χ1) is 14.7. The molecule has 0 radical (unpaired) electrons. The van der Waals surface area contributed by atoms with Gasteiger partial charge in [-0.3, -0.25) is 14.7 Å². The summed E-state index contributed by atoms with van der Waals surface area (Å²) < 4.78 is 1.90. The van der Waals surface area contributed by atoms with Gasteiger partial charge in [-0.25, -0.2) is 4.79 Å². The van der Waals surface area contributed by atoms with Gasteiger partial charge in [-0.15, -0.1) is 10.2 Å². The van der Waals surface area contributed by atoms with Gasteiger partial charge in [0, 0.05) is 5.56 Å². The summed E-state index contributed by atoms with van der Waals surface area (Å²) in [5, 5.41) is 11.4. The van der Waals surface area contributed by atoms with E-state index in [1.54, 1.807) is 6.07 Å². The van der Waals surface area contributed by atoms with Crippen LogP contribution in [0.5, 0.6) is 0 Å². The Morgan fingerprint density at radius 1 is 1.13 bits per heavy atom. The molecule has 0 saturated carbocycles. The highest BCUT2D eigenvalue weighted by Gasteiger charge is 2.29. The van der Waals surface area contributed by atoms with E-state index >= 15 is 0 Å². The predicted octanol–water partition coefficient (Wildman–Crippen LogP) is 4.52. The van der Waals surface area contributed by atoms with Gasteiger partial charge in [0.1, 0.15) is 0 Å². The Kier molecular flexibility index (Phi) is 7.02. The van der Waals surface area contributed by atoms with Gasteiger partial charge < -0.3 is 5.73 Å². The number of nitrogens with one attached hydrogen (secondary N) is 1. The molecule has 1 aromatic heterocycles. The topological polar surface area (TPSA) is 103 Å². The van der Waals surface area contributed by atoms with Gasteiger partial charge in [-0.05, 0) is 49.1 Å². The van der Waals surface area contributed by atoms with Gasteiger partial charge in [-0.1, -0.05) is 61.5 Å². The van der Waals surface area contributed by atoms with Crippen LogP contribution >= 0.6 is 23.4 Å². The van der Waals surface area contributed by atoms with E-state index in [-0.39, 0.29) is 5.92 Å². The molecule has 3 N–H and O–H groups in total. The summed E-state index contributed by atoms with van der Waals surface area (Å²) in [4.78, 5) is 23.8. The lowest BCUT2D eigenvalue weighted by Gasteiger charge is -2.20. The summed E-state index contributed by atoms with van der Waals surface area (Å²) in [6.45, 7) is 7.80. The van der Waals surface area contributed by atoms with Crippen molar-refractivity contribution in [3.8, 4) is 17.1 Å². The Labute approximate surface area is 190 Å². The zero-order valence-electron chi connectivity index (χ0n) is 17.7. The van der Waals surface area contributed by atoms with Gasteiger partial charge in [0.15, 0.2) is 11.0 Å². The summed E-state index contributed by atoms with van der Waals surface area (Å²) in [5.74, 6) is 0.0128. The Morgan fingerprint density at radius 2 is 1.84 bits per heavy atom. The molecule has 1 atom stereocenters. The van der Waals surface area contributed by atoms with Gasteiger partial charge in [-0.2, -0.15) is 0 Å². The van der Waals surface area contributed by atoms with Crippen LogP contribution in [-0.4, -0.2) is 32.0 Å². The first kappa shape index (κ1) is 22.8. The maximum absolute atomic E-state index is 12.6. The molecule has 2 aromatic carbocycles. The average Bonchev–Trinajstić information content (AvgIpc) is 3.10. The lowest BCUT2D eigenvalue weighted by Crippen LogP contribution is -2.42. The van der Waals surface area contributed by atoms with E-state index in [1.807, 2.05) is 68.7 Å². The second-order valence-corrected chi connectivity index (χ2v) is 9.06. The van der Waals surface area contributed by atoms with Crippen LogP contribution in [0.1, 0.15) is 25.0 Å². The van der Waals surface area contributed by atoms with Crippen molar-refractivity contribution < 1.29 is 9.59 Å². The standard InChI is InChI=1S/C22H24ClN5O2S/c1-12(2)18(20(29)25-21(24)30)31-22-27-26-19(15-7-5-6-8-16(15)23)28(22)17-11-13(3)9-10-14(17)4/h5-12,18H,1-4H3,(H3,24,25,29,30). The third-order valence-corrected chi connectivity index (χ3v) is 6.51. The molecule has 3 rings (SSSR count). The summed E-state index contributed by atoms with van der Waals surface area (Å²) in [7, 11) is 0. The van der Waals surface area contributed by atoms with Gasteiger partial charge in [0.05, 0.1) is 16.0 Å². The number of carbonyl (C=O) groups excluding carboxylic acids is 2. The third-order valence-electron chi connectivity index (χ3n) is 4.70. The fourth-order valence-corrected chi connectivity index (χ4v) is 4.40. The molecule has 162 valence electrons. The number of primary amides is 1. The maximum atomic E-state index is 12.6. The average molecular weight is 458 g/mol. The van der Waals surface area contributed by atoms with Crippen LogP contribution in [0, 0.1) is 19.8 Å². The van der Waals surface area contributed by atoms with Crippen LogP contribution in [0.4, 0.5) is 4.79 Å². The zero-order valence-corrected chi connectivity index (χ0v) is 19.3. The molecule has 0 aliphatic heterocycles. The minimum atomic E-state index is -0.885. The van der Waals surface area contributed by atoms with E-state index in [0.29, 0.717) is 16.0 Å². The van der Waals surface area contributed by atoms with Crippen molar-refractivity contribution in [2.45, 2.75) is 38.1 Å². The lowest BCUT2D eigenvalue weighted by molar-refractivity contribution is -0.120. The zero-order chi connectivity index (χ0) is 22.7. The molecular formula is C22H24ClN5O2S. The molecule has 7 nitrogen and oxygen atoms in total. The van der Waals surface area contributed by atoms with Crippen LogP contribution in [0.3, 0.4) is 0 Å². The van der Waals surface area contributed by atoms with E-state index in [1.165, 1.54) is 11.8 Å². The number of halogens is 1. The van der Waals surface area contributed by atoms with Crippen LogP contribution in [0.15, 0.2) is 47.6 Å². The maximum Gasteiger partial charge on any atom is 0.318 e. The van der Waals surface area contributed by atoms with Crippen molar-refractivity contribution in [2.75, 3.05) is 0 Å². The predicted molar refractivity (Wildman–Crippen MR) is 123 cm³/mol. The van der Waals surface area contributed by atoms with Crippen molar-refractivity contribution in [1.82, 2.24) is 20.1 Å². The Hall–Kier alpha value is -2.84. The van der Waals surface area contributed by atoms with Crippen LogP contribution in [0.2, 0.25) is 5.02 Å². The minimum Gasteiger partial charge on any atom is -0.351 e. The van der Waals surface area contributed by atoms with Crippen LogP contribution in [0.25, 0.3) is 17.1 Å². The van der Waals surface area contributed by atoms with Crippen molar-refractivity contribution in [1.29, 1.82) is 0 Å². The minimum absolute atomic E-state index is 0.0862. The van der Waals surface area contributed by atoms with Gasteiger partial charge in [0.25, 0.3) is 0 Å². The molecule has 0 saturated heterocycles. The summed E-state index contributed by atoms with van der Waals surface area (Å²) >= 11 is 7.69. The molecule has 31 heavy (non-hydrogen) atoms. The van der Waals surface area contributed by atoms with E-state index < -0.39 is 17.2 Å². The number of benzene rings is 2. The molecule has 0 bridgehead atoms. The molecule has 1 unspecified atom stereocenters. The van der Waals surface area contributed by atoms with Gasteiger partial charge >= 0.3 is 6.03 Å². The molecule has 9 heteroatoms. The van der Waals surface area contributed by atoms with E-state index in [9.17, 15) is 9.59 Å². The Balaban J connectivity index is 2.17. The summed E-state index contributed by atoms with van der Waals surface area (Å²) in [6.07, 6.45) is 0. The van der Waals surface area contributed by atoms with Crippen molar-refractivity contribution in [2.24, 2.45) is 11.7 Å². The quantitative estimate of drug-likeness (QED) is 0.530. The largest absolute Gasteiger partial charge is 0.351 e. The molecule has 0 fully saturated rings. The highest BCUT2D eigenvalue weighted by Crippen LogP contribution is 2.35. The molecule has 0 aliphatic carbocycles. The number of hydrogen-bond acceptors (Lipinski definition) is 5. The number of carbonyl (C=O) groups is 2. The summed E-state index contributed by atoms with van der Waals surface area (Å²) in [6, 6.07) is 12.6. The normalized spacial score (nSPS) is 12.1. The third kappa shape index (κ3) is 5.08. The fourth-order valence-electron chi connectivity index (χ4n) is 3.14. The second kappa shape index (κ2) is 9.53. The highest BCUT2D eigenvalue weighted by atomic mass is 35.5. The van der Waals surface area contributed by atoms with Crippen LogP contribution in [-0.2, 0) is 4.79 Å². The Bertz CT molecular complexity index is 1130. The number of imide groups is 1. The smallest absolute Gasteiger partial charge is 0.318 e. The van der Waals surface area contributed by atoms with Crippen molar-refractivity contribution >= 4 is 35.3 Å². The highest BCUT2D eigenvalue weighted by molar-refractivity contribution is 8.00.